The van der Waals surface area contributed by atoms with Crippen molar-refractivity contribution in [3.05, 3.63) is 53.2 Å². The van der Waals surface area contributed by atoms with Gasteiger partial charge >= 0.3 is 0 Å². The van der Waals surface area contributed by atoms with Crippen LogP contribution in [-0.2, 0) is 13.0 Å². The fourth-order valence-electron chi connectivity index (χ4n) is 2.66. The summed E-state index contributed by atoms with van der Waals surface area (Å²) in [6.07, 6.45) is 2.47. The number of aryl methyl sites for hydroxylation is 1. The number of nitrogens with zero attached hydrogens (tertiary/aromatic N) is 3. The molecule has 1 aromatic heterocycles. The first-order chi connectivity index (χ1) is 10.2. The molecule has 1 aliphatic rings. The van der Waals surface area contributed by atoms with Crippen LogP contribution in [0.3, 0.4) is 0 Å². The van der Waals surface area contributed by atoms with E-state index in [-0.39, 0.29) is 5.82 Å². The first-order valence-corrected chi connectivity index (χ1v) is 7.24. The Morgan fingerprint density at radius 1 is 1.24 bits per heavy atom. The van der Waals surface area contributed by atoms with Crippen LogP contribution in [0.25, 0.3) is 0 Å². The maximum atomic E-state index is 13.8. The molecule has 0 radical (unpaired) electrons. The van der Waals surface area contributed by atoms with Gasteiger partial charge in [-0.15, -0.1) is 0 Å². The minimum atomic E-state index is -0.360. The predicted octanol–water partition coefficient (Wildman–Crippen LogP) is 2.39. The highest BCUT2D eigenvalue weighted by atomic mass is 19.1. The SMILES string of the molecule is Cc1ncnc(NCCN2CCc3ccccc3C2)c1F. The van der Waals surface area contributed by atoms with Crippen molar-refractivity contribution in [2.24, 2.45) is 0 Å². The topological polar surface area (TPSA) is 41.1 Å². The third kappa shape index (κ3) is 3.19. The fourth-order valence-corrected chi connectivity index (χ4v) is 2.66. The van der Waals surface area contributed by atoms with Crippen molar-refractivity contribution >= 4 is 5.82 Å². The van der Waals surface area contributed by atoms with Crippen molar-refractivity contribution in [3.8, 4) is 0 Å². The van der Waals surface area contributed by atoms with Crippen molar-refractivity contribution in [1.82, 2.24) is 14.9 Å². The number of nitrogens with one attached hydrogen (secondary N) is 1. The van der Waals surface area contributed by atoms with Crippen LogP contribution in [0.4, 0.5) is 10.2 Å². The predicted molar refractivity (Wildman–Crippen MR) is 80.6 cm³/mol. The second kappa shape index (κ2) is 6.18. The largest absolute Gasteiger partial charge is 0.366 e. The summed E-state index contributed by atoms with van der Waals surface area (Å²) in [6, 6.07) is 8.56. The number of hydrogen-bond donors (Lipinski definition) is 1. The number of rotatable bonds is 4. The smallest absolute Gasteiger partial charge is 0.186 e. The quantitative estimate of drug-likeness (QED) is 0.937. The van der Waals surface area contributed by atoms with E-state index in [0.717, 1.165) is 26.1 Å². The highest BCUT2D eigenvalue weighted by molar-refractivity contribution is 5.36. The van der Waals surface area contributed by atoms with E-state index in [1.165, 1.54) is 17.5 Å². The average molecular weight is 286 g/mol. The molecule has 0 bridgehead atoms. The average Bonchev–Trinajstić information content (AvgIpc) is 2.51. The van der Waals surface area contributed by atoms with Crippen molar-refractivity contribution < 1.29 is 4.39 Å². The summed E-state index contributed by atoms with van der Waals surface area (Å²) in [6.45, 7) is 5.20. The van der Waals surface area contributed by atoms with Gasteiger partial charge in [0.2, 0.25) is 0 Å². The zero-order valence-corrected chi connectivity index (χ0v) is 12.1. The molecule has 0 amide bonds. The third-order valence-electron chi connectivity index (χ3n) is 3.89. The Kier molecular flexibility index (Phi) is 4.10. The highest BCUT2D eigenvalue weighted by Gasteiger charge is 2.15. The molecule has 1 aliphatic heterocycles. The van der Waals surface area contributed by atoms with E-state index in [1.807, 2.05) is 0 Å². The highest BCUT2D eigenvalue weighted by Crippen LogP contribution is 2.18. The maximum absolute atomic E-state index is 13.8. The lowest BCUT2D eigenvalue weighted by molar-refractivity contribution is 0.264. The monoisotopic (exact) mass is 286 g/mol. The molecule has 21 heavy (non-hydrogen) atoms. The van der Waals surface area contributed by atoms with E-state index < -0.39 is 0 Å². The van der Waals surface area contributed by atoms with E-state index in [4.69, 9.17) is 0 Å². The summed E-state index contributed by atoms with van der Waals surface area (Å²) >= 11 is 0. The molecule has 0 fully saturated rings. The molecule has 110 valence electrons. The van der Waals surface area contributed by atoms with E-state index in [9.17, 15) is 4.39 Å². The van der Waals surface area contributed by atoms with Crippen molar-refractivity contribution in [3.63, 3.8) is 0 Å². The summed E-state index contributed by atoms with van der Waals surface area (Å²) in [5.74, 6) is -0.0681. The Morgan fingerprint density at radius 2 is 2.05 bits per heavy atom. The van der Waals surface area contributed by atoms with Crippen LogP contribution in [0, 0.1) is 12.7 Å². The van der Waals surface area contributed by atoms with Gasteiger partial charge in [-0.2, -0.15) is 0 Å². The molecule has 5 heteroatoms. The molecule has 1 aromatic carbocycles. The molecular formula is C16H19FN4. The van der Waals surface area contributed by atoms with E-state index >= 15 is 0 Å². The standard InChI is InChI=1S/C16H19FN4/c1-12-15(17)16(20-11-19-12)18-7-9-21-8-6-13-4-2-3-5-14(13)10-21/h2-5,11H,6-10H2,1H3,(H,18,19,20). The fraction of sp³-hybridized carbons (Fsp3) is 0.375. The normalized spacial score (nSPS) is 14.8. The maximum Gasteiger partial charge on any atom is 0.186 e. The van der Waals surface area contributed by atoms with Crippen molar-refractivity contribution in [1.29, 1.82) is 0 Å². The molecule has 0 saturated carbocycles. The third-order valence-corrected chi connectivity index (χ3v) is 3.89. The van der Waals surface area contributed by atoms with Gasteiger partial charge < -0.3 is 5.32 Å². The Bertz CT molecular complexity index is 629. The number of anilines is 1. The molecule has 3 rings (SSSR count). The van der Waals surface area contributed by atoms with Gasteiger partial charge in [0.1, 0.15) is 6.33 Å². The minimum Gasteiger partial charge on any atom is -0.366 e. The second-order valence-electron chi connectivity index (χ2n) is 5.34. The molecule has 1 N–H and O–H groups in total. The Labute approximate surface area is 124 Å². The van der Waals surface area contributed by atoms with Gasteiger partial charge in [-0.05, 0) is 24.5 Å². The first-order valence-electron chi connectivity index (χ1n) is 7.24. The molecular weight excluding hydrogens is 267 g/mol. The molecule has 0 unspecified atom stereocenters. The molecule has 4 nitrogen and oxygen atoms in total. The van der Waals surface area contributed by atoms with Gasteiger partial charge in [-0.25, -0.2) is 14.4 Å². The number of aromatic nitrogens is 2. The number of benzene rings is 1. The summed E-state index contributed by atoms with van der Waals surface area (Å²) < 4.78 is 13.8. The molecule has 0 spiro atoms. The molecule has 0 saturated heterocycles. The lowest BCUT2D eigenvalue weighted by atomic mass is 10.00. The first kappa shape index (κ1) is 13.9. The van der Waals surface area contributed by atoms with Crippen LogP contribution in [0.15, 0.2) is 30.6 Å². The molecule has 2 aromatic rings. The van der Waals surface area contributed by atoms with E-state index in [1.54, 1.807) is 6.92 Å². The summed E-state index contributed by atoms with van der Waals surface area (Å²) in [5.41, 5.74) is 3.21. The zero-order valence-electron chi connectivity index (χ0n) is 12.1. The van der Waals surface area contributed by atoms with Gasteiger partial charge in [-0.1, -0.05) is 24.3 Å². The van der Waals surface area contributed by atoms with E-state index in [2.05, 4.69) is 44.5 Å². The summed E-state index contributed by atoms with van der Waals surface area (Å²) in [4.78, 5) is 10.1. The second-order valence-corrected chi connectivity index (χ2v) is 5.34. The van der Waals surface area contributed by atoms with Gasteiger partial charge in [-0.3, -0.25) is 4.90 Å². The van der Waals surface area contributed by atoms with Crippen LogP contribution >= 0.6 is 0 Å². The molecule has 0 aliphatic carbocycles. The van der Waals surface area contributed by atoms with Crippen LogP contribution in [-0.4, -0.2) is 34.5 Å². The molecule has 0 atom stereocenters. The van der Waals surface area contributed by atoms with Crippen molar-refractivity contribution in [2.45, 2.75) is 19.9 Å². The number of fused-ring (bicyclic) bond motifs is 1. The Balaban J connectivity index is 1.54. The van der Waals surface area contributed by atoms with Crippen LogP contribution in [0.1, 0.15) is 16.8 Å². The number of halogens is 1. The summed E-state index contributed by atoms with van der Waals surface area (Å²) in [7, 11) is 0. The molecule has 2 heterocycles. The van der Waals surface area contributed by atoms with Crippen LogP contribution in [0.5, 0.6) is 0 Å². The lowest BCUT2D eigenvalue weighted by Crippen LogP contribution is -2.34. The van der Waals surface area contributed by atoms with Gasteiger partial charge in [0, 0.05) is 26.2 Å². The van der Waals surface area contributed by atoms with Crippen molar-refractivity contribution in [2.75, 3.05) is 25.0 Å². The minimum absolute atomic E-state index is 0.292. The zero-order chi connectivity index (χ0) is 14.7. The van der Waals surface area contributed by atoms with Crippen LogP contribution < -0.4 is 5.32 Å². The summed E-state index contributed by atoms with van der Waals surface area (Å²) in [5, 5.41) is 3.06. The van der Waals surface area contributed by atoms with Gasteiger partial charge in [0.05, 0.1) is 5.69 Å². The Hall–Kier alpha value is -2.01. The van der Waals surface area contributed by atoms with Gasteiger partial charge in [0.25, 0.3) is 0 Å². The van der Waals surface area contributed by atoms with Crippen LogP contribution in [0.2, 0.25) is 0 Å². The number of hydrogen-bond acceptors (Lipinski definition) is 4. The lowest BCUT2D eigenvalue weighted by Gasteiger charge is -2.28. The Morgan fingerprint density at radius 3 is 2.90 bits per heavy atom. The van der Waals surface area contributed by atoms with Gasteiger partial charge in [0.15, 0.2) is 11.6 Å². The van der Waals surface area contributed by atoms with E-state index in [0.29, 0.717) is 18.1 Å².